The summed E-state index contributed by atoms with van der Waals surface area (Å²) in [6.07, 6.45) is 2.26. The maximum atomic E-state index is 5.45. The van der Waals surface area contributed by atoms with E-state index in [1.165, 1.54) is 23.1 Å². The molecule has 2 aromatic rings. The zero-order chi connectivity index (χ0) is 12.5. The number of nitrogens with one attached hydrogen (secondary N) is 2. The average molecular weight is 246 g/mol. The number of aromatic nitrogens is 1. The van der Waals surface area contributed by atoms with Crippen LogP contribution < -0.4 is 14.8 Å². The number of H-pyrrole nitrogens is 1. The number of hydrogen-bond acceptors (Lipinski definition) is 3. The molecular formula is C14H18N2O2. The number of aryl methyl sites for hydroxylation is 1. The Hall–Kier alpha value is -1.68. The van der Waals surface area contributed by atoms with E-state index in [-0.39, 0.29) is 0 Å². The zero-order valence-corrected chi connectivity index (χ0v) is 10.8. The molecule has 0 atom stereocenters. The molecule has 0 fully saturated rings. The third-order valence-corrected chi connectivity index (χ3v) is 3.58. The fraction of sp³-hybridized carbons (Fsp3) is 0.429. The summed E-state index contributed by atoms with van der Waals surface area (Å²) in [5.41, 5.74) is 3.74. The van der Waals surface area contributed by atoms with Crippen LogP contribution in [0.1, 0.15) is 17.7 Å². The largest absolute Gasteiger partial charge is 0.497 e. The first-order valence-corrected chi connectivity index (χ1v) is 6.29. The number of fused-ring (bicyclic) bond motifs is 3. The molecule has 1 aliphatic rings. The van der Waals surface area contributed by atoms with Crippen molar-refractivity contribution in [2.75, 3.05) is 20.8 Å². The van der Waals surface area contributed by atoms with E-state index in [1.54, 1.807) is 14.2 Å². The molecule has 18 heavy (non-hydrogen) atoms. The van der Waals surface area contributed by atoms with Gasteiger partial charge in [0.1, 0.15) is 11.5 Å². The molecule has 4 nitrogen and oxygen atoms in total. The van der Waals surface area contributed by atoms with E-state index in [1.807, 2.05) is 6.07 Å². The molecule has 1 aliphatic heterocycles. The molecule has 2 N–H and O–H groups in total. The summed E-state index contributed by atoms with van der Waals surface area (Å²) in [5, 5.41) is 4.65. The summed E-state index contributed by atoms with van der Waals surface area (Å²) in [5.74, 6) is 1.69. The summed E-state index contributed by atoms with van der Waals surface area (Å²) in [6.45, 7) is 1.97. The van der Waals surface area contributed by atoms with Crippen molar-refractivity contribution in [2.45, 2.75) is 19.4 Å². The number of benzene rings is 1. The van der Waals surface area contributed by atoms with Crippen molar-refractivity contribution in [1.82, 2.24) is 10.3 Å². The Morgan fingerprint density at radius 1 is 1.17 bits per heavy atom. The van der Waals surface area contributed by atoms with E-state index in [2.05, 4.69) is 16.4 Å². The summed E-state index contributed by atoms with van der Waals surface area (Å²) in [4.78, 5) is 3.48. The second-order valence-electron chi connectivity index (χ2n) is 4.61. The highest BCUT2D eigenvalue weighted by atomic mass is 16.5. The highest BCUT2D eigenvalue weighted by Gasteiger charge is 2.17. The van der Waals surface area contributed by atoms with Crippen molar-refractivity contribution in [3.8, 4) is 11.5 Å². The first kappa shape index (κ1) is 11.4. The van der Waals surface area contributed by atoms with Crippen molar-refractivity contribution in [1.29, 1.82) is 0 Å². The highest BCUT2D eigenvalue weighted by Crippen LogP contribution is 2.35. The average Bonchev–Trinajstić information content (AvgIpc) is 2.60. The van der Waals surface area contributed by atoms with Crippen LogP contribution in [0.3, 0.4) is 0 Å². The van der Waals surface area contributed by atoms with Crippen LogP contribution >= 0.6 is 0 Å². The lowest BCUT2D eigenvalue weighted by molar-refractivity contribution is 0.397. The summed E-state index contributed by atoms with van der Waals surface area (Å²) in [7, 11) is 3.38. The van der Waals surface area contributed by atoms with Gasteiger partial charge in [0.2, 0.25) is 0 Å². The Bertz CT molecular complexity index is 575. The van der Waals surface area contributed by atoms with Gasteiger partial charge in [-0.05, 0) is 31.0 Å². The number of rotatable bonds is 2. The second kappa shape index (κ2) is 4.53. The van der Waals surface area contributed by atoms with Crippen LogP contribution in [0.4, 0.5) is 0 Å². The van der Waals surface area contributed by atoms with E-state index in [0.29, 0.717) is 0 Å². The second-order valence-corrected chi connectivity index (χ2v) is 4.61. The van der Waals surface area contributed by atoms with Gasteiger partial charge < -0.3 is 19.8 Å². The molecule has 96 valence electrons. The predicted molar refractivity (Wildman–Crippen MR) is 71.4 cm³/mol. The van der Waals surface area contributed by atoms with Crippen LogP contribution in [-0.4, -0.2) is 25.7 Å². The molecule has 0 saturated carbocycles. The lowest BCUT2D eigenvalue weighted by Crippen LogP contribution is -2.12. The standard InChI is InChI=1S/C14H18N2O2/c1-17-9-6-11-10-4-3-5-15-8-12(10)16-14(11)13(7-9)18-2/h6-7,15-16H,3-5,8H2,1-2H3. The van der Waals surface area contributed by atoms with Crippen LogP contribution in [0.25, 0.3) is 10.9 Å². The predicted octanol–water partition coefficient (Wildman–Crippen LogP) is 2.22. The first-order valence-electron chi connectivity index (χ1n) is 6.29. The highest BCUT2D eigenvalue weighted by molar-refractivity contribution is 5.91. The van der Waals surface area contributed by atoms with Crippen molar-refractivity contribution in [3.05, 3.63) is 23.4 Å². The zero-order valence-electron chi connectivity index (χ0n) is 10.8. The summed E-state index contributed by atoms with van der Waals surface area (Å²) in [6, 6.07) is 4.02. The Morgan fingerprint density at radius 2 is 2.06 bits per heavy atom. The Morgan fingerprint density at radius 3 is 2.83 bits per heavy atom. The van der Waals surface area contributed by atoms with E-state index < -0.39 is 0 Å². The van der Waals surface area contributed by atoms with Crippen LogP contribution in [-0.2, 0) is 13.0 Å². The Labute approximate surface area is 106 Å². The number of aromatic amines is 1. The Balaban J connectivity index is 2.25. The molecule has 0 saturated heterocycles. The first-order chi connectivity index (χ1) is 8.83. The van der Waals surface area contributed by atoms with Crippen molar-refractivity contribution in [3.63, 3.8) is 0 Å². The maximum absolute atomic E-state index is 5.45. The van der Waals surface area contributed by atoms with Crippen LogP contribution in [0.15, 0.2) is 12.1 Å². The van der Waals surface area contributed by atoms with Gasteiger partial charge in [-0.1, -0.05) is 0 Å². The summed E-state index contributed by atoms with van der Waals surface area (Å²) < 4.78 is 10.8. The third-order valence-electron chi connectivity index (χ3n) is 3.58. The lowest BCUT2D eigenvalue weighted by atomic mass is 10.1. The molecular weight excluding hydrogens is 228 g/mol. The maximum Gasteiger partial charge on any atom is 0.146 e. The molecule has 0 amide bonds. The van der Waals surface area contributed by atoms with Gasteiger partial charge in [0.25, 0.3) is 0 Å². The molecule has 2 heterocycles. The SMILES string of the molecule is COc1cc(OC)c2[nH]c3c(c2c1)CCCNC3. The van der Waals surface area contributed by atoms with Gasteiger partial charge in [-0.25, -0.2) is 0 Å². The minimum absolute atomic E-state index is 0.845. The Kier molecular flexibility index (Phi) is 2.88. The van der Waals surface area contributed by atoms with Crippen molar-refractivity contribution in [2.24, 2.45) is 0 Å². The quantitative estimate of drug-likeness (QED) is 0.854. The molecule has 0 bridgehead atoms. The summed E-state index contributed by atoms with van der Waals surface area (Å²) >= 11 is 0. The minimum Gasteiger partial charge on any atom is -0.497 e. The van der Waals surface area contributed by atoms with Crippen LogP contribution in [0.2, 0.25) is 0 Å². The molecule has 1 aromatic carbocycles. The van der Waals surface area contributed by atoms with Gasteiger partial charge in [0.05, 0.1) is 19.7 Å². The van der Waals surface area contributed by atoms with Crippen LogP contribution in [0.5, 0.6) is 11.5 Å². The normalized spacial score (nSPS) is 15.2. The number of ether oxygens (including phenoxy) is 2. The van der Waals surface area contributed by atoms with Gasteiger partial charge in [-0.2, -0.15) is 0 Å². The fourth-order valence-electron chi connectivity index (χ4n) is 2.66. The molecule has 3 rings (SSSR count). The van der Waals surface area contributed by atoms with Crippen LogP contribution in [0, 0.1) is 0 Å². The van der Waals surface area contributed by atoms with E-state index in [4.69, 9.17) is 9.47 Å². The van der Waals surface area contributed by atoms with E-state index >= 15 is 0 Å². The van der Waals surface area contributed by atoms with Gasteiger partial charge >= 0.3 is 0 Å². The van der Waals surface area contributed by atoms with Crippen molar-refractivity contribution < 1.29 is 9.47 Å². The van der Waals surface area contributed by atoms with Gasteiger partial charge in [0.15, 0.2) is 0 Å². The van der Waals surface area contributed by atoms with Gasteiger partial charge in [0, 0.05) is 23.7 Å². The minimum atomic E-state index is 0.845. The molecule has 0 radical (unpaired) electrons. The topological polar surface area (TPSA) is 46.3 Å². The molecule has 1 aromatic heterocycles. The van der Waals surface area contributed by atoms with Gasteiger partial charge in [-0.3, -0.25) is 0 Å². The molecule has 0 unspecified atom stereocenters. The third kappa shape index (κ3) is 1.73. The van der Waals surface area contributed by atoms with Gasteiger partial charge in [-0.15, -0.1) is 0 Å². The molecule has 4 heteroatoms. The molecule has 0 aliphatic carbocycles. The molecule has 0 spiro atoms. The smallest absolute Gasteiger partial charge is 0.146 e. The van der Waals surface area contributed by atoms with E-state index in [9.17, 15) is 0 Å². The lowest BCUT2D eigenvalue weighted by Gasteiger charge is -2.06. The number of hydrogen-bond donors (Lipinski definition) is 2. The number of methoxy groups -OCH3 is 2. The fourth-order valence-corrected chi connectivity index (χ4v) is 2.66. The van der Waals surface area contributed by atoms with Crippen molar-refractivity contribution >= 4 is 10.9 Å². The monoisotopic (exact) mass is 246 g/mol. The van der Waals surface area contributed by atoms with E-state index in [0.717, 1.165) is 36.5 Å².